The highest BCUT2D eigenvalue weighted by molar-refractivity contribution is 9.10. The highest BCUT2D eigenvalue weighted by Gasteiger charge is 2.27. The van der Waals surface area contributed by atoms with Gasteiger partial charge in [0.2, 0.25) is 0 Å². The molecule has 0 amide bonds. The molecule has 0 N–H and O–H groups in total. The van der Waals surface area contributed by atoms with Crippen LogP contribution in [0, 0.1) is 0 Å². The van der Waals surface area contributed by atoms with Crippen molar-refractivity contribution in [2.45, 2.75) is 91.8 Å². The predicted molar refractivity (Wildman–Crippen MR) is 112 cm³/mol. The lowest BCUT2D eigenvalue weighted by Gasteiger charge is -2.23. The van der Waals surface area contributed by atoms with Gasteiger partial charge >= 0.3 is 11.9 Å². The number of carbonyl (C=O) groups excluding carboxylic acids is 2. The van der Waals surface area contributed by atoms with Crippen LogP contribution in [0.3, 0.4) is 0 Å². The molecule has 0 aliphatic rings. The zero-order chi connectivity index (χ0) is 20.8. The largest absolute Gasteiger partial charge is 0.456 e. The zero-order valence-electron chi connectivity index (χ0n) is 17.7. The first-order valence-electron chi connectivity index (χ1n) is 9.63. The van der Waals surface area contributed by atoms with Crippen molar-refractivity contribution < 1.29 is 19.1 Å². The van der Waals surface area contributed by atoms with Crippen molar-refractivity contribution in [1.82, 2.24) is 0 Å². The molecular formula is C22H33BrO4. The molecule has 0 radical (unpaired) electrons. The smallest absolute Gasteiger partial charge is 0.339 e. The lowest BCUT2D eigenvalue weighted by Crippen LogP contribution is -2.28. The number of rotatable bonds is 7. The van der Waals surface area contributed by atoms with E-state index in [2.05, 4.69) is 22.9 Å². The number of halogens is 1. The maximum Gasteiger partial charge on any atom is 0.339 e. The molecule has 0 aliphatic heterocycles. The number of ether oxygens (including phenoxy) is 2. The molecular weight excluding hydrogens is 408 g/mol. The summed E-state index contributed by atoms with van der Waals surface area (Å²) in [6.07, 6.45) is 5.37. The van der Waals surface area contributed by atoms with E-state index >= 15 is 0 Å². The summed E-state index contributed by atoms with van der Waals surface area (Å²) in [6.45, 7) is 13.0. The maximum absolute atomic E-state index is 12.7. The van der Waals surface area contributed by atoms with E-state index in [1.807, 2.05) is 20.8 Å². The number of hydrogen-bond donors (Lipinski definition) is 0. The third-order valence-corrected chi connectivity index (χ3v) is 4.46. The first-order valence-corrected chi connectivity index (χ1v) is 10.4. The van der Waals surface area contributed by atoms with Gasteiger partial charge in [-0.1, -0.05) is 42.1 Å². The van der Waals surface area contributed by atoms with Crippen LogP contribution in [0.4, 0.5) is 0 Å². The van der Waals surface area contributed by atoms with Crippen LogP contribution in [-0.4, -0.2) is 23.1 Å². The van der Waals surface area contributed by atoms with E-state index < -0.39 is 23.1 Å². The zero-order valence-corrected chi connectivity index (χ0v) is 19.3. The minimum atomic E-state index is -0.645. The van der Waals surface area contributed by atoms with Crippen molar-refractivity contribution in [1.29, 1.82) is 0 Å². The van der Waals surface area contributed by atoms with Crippen LogP contribution in [0.1, 0.15) is 100 Å². The Labute approximate surface area is 172 Å². The Morgan fingerprint density at radius 3 is 1.78 bits per heavy atom. The summed E-state index contributed by atoms with van der Waals surface area (Å²) in [5.74, 6) is -1.03. The fourth-order valence-corrected chi connectivity index (χ4v) is 3.10. The molecule has 152 valence electrons. The van der Waals surface area contributed by atoms with Gasteiger partial charge in [0.1, 0.15) is 11.2 Å². The van der Waals surface area contributed by atoms with E-state index in [4.69, 9.17) is 9.47 Å². The van der Waals surface area contributed by atoms with Crippen LogP contribution in [0.15, 0.2) is 16.6 Å². The van der Waals surface area contributed by atoms with Gasteiger partial charge in [0, 0.05) is 4.47 Å². The SMILES string of the molecule is CCCCCCc1cc(C(=O)OC(C)(C)C)c(C(=O)OC(C)(C)C)cc1Br. The number of aryl methyl sites for hydroxylation is 1. The highest BCUT2D eigenvalue weighted by atomic mass is 79.9. The average Bonchev–Trinajstić information content (AvgIpc) is 2.49. The summed E-state index contributed by atoms with van der Waals surface area (Å²) in [6, 6.07) is 3.45. The number of carbonyl (C=O) groups is 2. The van der Waals surface area contributed by atoms with Gasteiger partial charge in [0.25, 0.3) is 0 Å². The van der Waals surface area contributed by atoms with E-state index in [1.54, 1.807) is 32.9 Å². The van der Waals surface area contributed by atoms with E-state index in [0.29, 0.717) is 0 Å². The molecule has 0 aromatic heterocycles. The molecule has 5 heteroatoms. The van der Waals surface area contributed by atoms with Crippen LogP contribution in [0.2, 0.25) is 0 Å². The fraction of sp³-hybridized carbons (Fsp3) is 0.636. The molecule has 0 bridgehead atoms. The Kier molecular flexibility index (Phi) is 8.52. The van der Waals surface area contributed by atoms with Gasteiger partial charge in [-0.15, -0.1) is 0 Å². The second-order valence-electron chi connectivity index (χ2n) is 8.80. The molecule has 0 heterocycles. The Morgan fingerprint density at radius 1 is 0.852 bits per heavy atom. The van der Waals surface area contributed by atoms with E-state index in [0.717, 1.165) is 29.3 Å². The quantitative estimate of drug-likeness (QED) is 0.359. The maximum atomic E-state index is 12.7. The molecule has 0 atom stereocenters. The van der Waals surface area contributed by atoms with Crippen molar-refractivity contribution >= 4 is 27.9 Å². The van der Waals surface area contributed by atoms with Crippen LogP contribution >= 0.6 is 15.9 Å². The Balaban J connectivity index is 3.25. The van der Waals surface area contributed by atoms with Crippen molar-refractivity contribution in [3.63, 3.8) is 0 Å². The van der Waals surface area contributed by atoms with Crippen molar-refractivity contribution in [3.05, 3.63) is 33.3 Å². The highest BCUT2D eigenvalue weighted by Crippen LogP contribution is 2.27. The van der Waals surface area contributed by atoms with Gasteiger partial charge in [-0.2, -0.15) is 0 Å². The van der Waals surface area contributed by atoms with E-state index in [-0.39, 0.29) is 11.1 Å². The van der Waals surface area contributed by atoms with Crippen molar-refractivity contribution in [2.75, 3.05) is 0 Å². The predicted octanol–water partition coefficient (Wildman–Crippen LogP) is 6.48. The van der Waals surface area contributed by atoms with Gasteiger partial charge in [-0.3, -0.25) is 0 Å². The number of unbranched alkanes of at least 4 members (excludes halogenated alkanes) is 3. The molecule has 0 unspecified atom stereocenters. The molecule has 1 aromatic carbocycles. The topological polar surface area (TPSA) is 52.6 Å². The fourth-order valence-electron chi connectivity index (χ4n) is 2.56. The molecule has 0 saturated heterocycles. The Bertz CT molecular complexity index is 666. The van der Waals surface area contributed by atoms with Crippen LogP contribution in [-0.2, 0) is 15.9 Å². The molecule has 4 nitrogen and oxygen atoms in total. The number of benzene rings is 1. The molecule has 0 saturated carbocycles. The summed E-state index contributed by atoms with van der Waals surface area (Å²) in [7, 11) is 0. The average molecular weight is 441 g/mol. The third-order valence-electron chi connectivity index (χ3n) is 3.72. The molecule has 0 fully saturated rings. The summed E-state index contributed by atoms with van der Waals surface area (Å²) in [5, 5.41) is 0. The summed E-state index contributed by atoms with van der Waals surface area (Å²) < 4.78 is 11.8. The second kappa shape index (κ2) is 9.72. The monoisotopic (exact) mass is 440 g/mol. The molecule has 1 rings (SSSR count). The first-order chi connectivity index (χ1) is 12.3. The minimum absolute atomic E-state index is 0.225. The number of hydrogen-bond acceptors (Lipinski definition) is 4. The molecule has 0 spiro atoms. The Hall–Kier alpha value is -1.36. The minimum Gasteiger partial charge on any atom is -0.456 e. The van der Waals surface area contributed by atoms with Gasteiger partial charge in [-0.25, -0.2) is 9.59 Å². The normalized spacial score (nSPS) is 12.0. The first kappa shape index (κ1) is 23.7. The van der Waals surface area contributed by atoms with Gasteiger partial charge < -0.3 is 9.47 Å². The van der Waals surface area contributed by atoms with Crippen LogP contribution < -0.4 is 0 Å². The Morgan fingerprint density at radius 2 is 1.33 bits per heavy atom. The van der Waals surface area contributed by atoms with Gasteiger partial charge in [0.15, 0.2) is 0 Å². The van der Waals surface area contributed by atoms with Gasteiger partial charge in [0.05, 0.1) is 11.1 Å². The lowest BCUT2D eigenvalue weighted by atomic mass is 9.99. The standard InChI is InChI=1S/C22H33BrO4/c1-8-9-10-11-12-15-13-16(19(24)26-21(2,3)4)17(14-18(15)23)20(25)27-22(5,6)7/h13-14H,8-12H2,1-7H3. The van der Waals surface area contributed by atoms with Crippen molar-refractivity contribution in [3.8, 4) is 0 Å². The molecule has 0 aliphatic carbocycles. The van der Waals surface area contributed by atoms with Crippen LogP contribution in [0.25, 0.3) is 0 Å². The van der Waals surface area contributed by atoms with Crippen molar-refractivity contribution in [2.24, 2.45) is 0 Å². The number of esters is 2. The van der Waals surface area contributed by atoms with E-state index in [9.17, 15) is 9.59 Å². The summed E-state index contributed by atoms with van der Waals surface area (Å²) in [5.41, 5.74) is 0.194. The summed E-state index contributed by atoms with van der Waals surface area (Å²) >= 11 is 3.55. The molecule has 27 heavy (non-hydrogen) atoms. The lowest BCUT2D eigenvalue weighted by molar-refractivity contribution is 0.00185. The van der Waals surface area contributed by atoms with Crippen LogP contribution in [0.5, 0.6) is 0 Å². The molecule has 1 aromatic rings. The summed E-state index contributed by atoms with van der Waals surface area (Å²) in [4.78, 5) is 25.4. The second-order valence-corrected chi connectivity index (χ2v) is 9.66. The van der Waals surface area contributed by atoms with E-state index in [1.165, 1.54) is 12.8 Å². The third kappa shape index (κ3) is 8.46. The van der Waals surface area contributed by atoms with Gasteiger partial charge in [-0.05, 0) is 72.1 Å².